The Morgan fingerprint density at radius 2 is 1.91 bits per heavy atom. The normalized spacial score (nSPS) is 13.9. The number of rotatable bonds is 6. The number of carbonyl (C=O) groups is 1. The lowest BCUT2D eigenvalue weighted by atomic mass is 10.2. The second-order valence-electron chi connectivity index (χ2n) is 7.74. The van der Waals surface area contributed by atoms with Crippen molar-refractivity contribution in [1.29, 1.82) is 0 Å². The van der Waals surface area contributed by atoms with E-state index < -0.39 is 11.6 Å². The highest BCUT2D eigenvalue weighted by Gasteiger charge is 2.22. The Hall–Kier alpha value is -3.73. The molecule has 2 aromatic heterocycles. The minimum absolute atomic E-state index is 0.251. The van der Waals surface area contributed by atoms with Crippen LogP contribution < -0.4 is 25.4 Å². The molecule has 10 nitrogen and oxygen atoms in total. The molecule has 0 radical (unpaired) electrons. The molecule has 0 aliphatic carbocycles. The van der Waals surface area contributed by atoms with Crippen molar-refractivity contribution in [3.8, 4) is 11.5 Å². The van der Waals surface area contributed by atoms with E-state index in [2.05, 4.69) is 15.3 Å². The van der Waals surface area contributed by atoms with Gasteiger partial charge in [-0.1, -0.05) is 12.1 Å². The Kier molecular flexibility index (Phi) is 6.01. The highest BCUT2D eigenvalue weighted by atomic mass is 32.2. The summed E-state index contributed by atoms with van der Waals surface area (Å²) in [5.41, 5.74) is 1.89. The third-order valence-electron chi connectivity index (χ3n) is 5.68. The van der Waals surface area contributed by atoms with Gasteiger partial charge in [0.1, 0.15) is 18.0 Å². The number of ether oxygens (including phenoxy) is 2. The standard InChI is InChI=1S/C23H24N6O4S/c1-32-15-7-8-17(19(13-15)33-2)24-20(30)14-28-23(31)29-18-6-4-3-5-16(18)25-21(22(29)26-28)27-9-11-34-12-10-27/h3-8,13H,9-12,14H2,1-2H3,(H,24,30). The highest BCUT2D eigenvalue weighted by molar-refractivity contribution is 7.99. The Labute approximate surface area is 199 Å². The number of amides is 1. The molecule has 1 aliphatic rings. The van der Waals surface area contributed by atoms with E-state index in [0.717, 1.165) is 24.6 Å². The summed E-state index contributed by atoms with van der Waals surface area (Å²) in [4.78, 5) is 33.2. The zero-order chi connectivity index (χ0) is 23.7. The van der Waals surface area contributed by atoms with Crippen molar-refractivity contribution >= 4 is 45.9 Å². The number of benzene rings is 2. The highest BCUT2D eigenvalue weighted by Crippen LogP contribution is 2.29. The van der Waals surface area contributed by atoms with E-state index in [9.17, 15) is 9.59 Å². The largest absolute Gasteiger partial charge is 0.497 e. The second-order valence-corrected chi connectivity index (χ2v) is 8.96. The van der Waals surface area contributed by atoms with E-state index in [1.165, 1.54) is 11.8 Å². The minimum atomic E-state index is -0.401. The van der Waals surface area contributed by atoms with Crippen LogP contribution in [-0.4, -0.2) is 63.9 Å². The van der Waals surface area contributed by atoms with E-state index in [1.54, 1.807) is 29.7 Å². The molecular formula is C23H24N6O4S. The fourth-order valence-electron chi connectivity index (χ4n) is 4.00. The van der Waals surface area contributed by atoms with Crippen LogP contribution >= 0.6 is 11.8 Å². The van der Waals surface area contributed by atoms with Gasteiger partial charge in [0.25, 0.3) is 0 Å². The maximum atomic E-state index is 13.4. The maximum absolute atomic E-state index is 13.4. The van der Waals surface area contributed by atoms with Gasteiger partial charge in [-0.05, 0) is 24.3 Å². The molecule has 0 saturated carbocycles. The van der Waals surface area contributed by atoms with Crippen molar-refractivity contribution in [3.63, 3.8) is 0 Å². The van der Waals surface area contributed by atoms with Gasteiger partial charge in [0.05, 0.1) is 30.9 Å². The number of anilines is 2. The third kappa shape index (κ3) is 4.03. The number of hydrogen-bond acceptors (Lipinski definition) is 8. The zero-order valence-electron chi connectivity index (χ0n) is 18.9. The van der Waals surface area contributed by atoms with Crippen LogP contribution in [0.4, 0.5) is 11.5 Å². The number of carbonyl (C=O) groups excluding carboxylic acids is 1. The molecule has 4 aromatic rings. The van der Waals surface area contributed by atoms with Gasteiger partial charge >= 0.3 is 5.69 Å². The fraction of sp³-hybridized carbons (Fsp3) is 0.304. The number of thioether (sulfide) groups is 1. The molecule has 0 atom stereocenters. The number of nitrogens with zero attached hydrogens (tertiary/aromatic N) is 5. The first-order valence-electron chi connectivity index (χ1n) is 10.8. The number of nitrogens with one attached hydrogen (secondary N) is 1. The third-order valence-corrected chi connectivity index (χ3v) is 6.62. The lowest BCUT2D eigenvalue weighted by Crippen LogP contribution is -2.33. The monoisotopic (exact) mass is 480 g/mol. The topological polar surface area (TPSA) is 103 Å². The summed E-state index contributed by atoms with van der Waals surface area (Å²) in [6, 6.07) is 12.5. The fourth-order valence-corrected chi connectivity index (χ4v) is 4.90. The van der Waals surface area contributed by atoms with Crippen LogP contribution in [0.1, 0.15) is 0 Å². The predicted octanol–water partition coefficient (Wildman–Crippen LogP) is 2.25. The lowest BCUT2D eigenvalue weighted by Gasteiger charge is -2.27. The van der Waals surface area contributed by atoms with Crippen LogP contribution in [0.15, 0.2) is 47.3 Å². The molecule has 11 heteroatoms. The summed E-state index contributed by atoms with van der Waals surface area (Å²) in [5.74, 6) is 3.29. The molecule has 1 amide bonds. The molecule has 3 heterocycles. The molecule has 0 unspecified atom stereocenters. The SMILES string of the molecule is COc1ccc(NC(=O)Cn2nc3c(N4CCSCC4)nc4ccccc4n3c2=O)c(OC)c1. The average molecular weight is 481 g/mol. The van der Waals surface area contributed by atoms with E-state index in [1.807, 2.05) is 36.0 Å². The summed E-state index contributed by atoms with van der Waals surface area (Å²) in [5, 5.41) is 7.32. The number of hydrogen-bond donors (Lipinski definition) is 1. The number of fused-ring (bicyclic) bond motifs is 3. The summed E-state index contributed by atoms with van der Waals surface area (Å²) in [6.45, 7) is 1.40. The molecule has 1 fully saturated rings. The minimum Gasteiger partial charge on any atom is -0.497 e. The average Bonchev–Trinajstić information content (AvgIpc) is 3.20. The molecule has 1 aliphatic heterocycles. The van der Waals surface area contributed by atoms with Gasteiger partial charge in [0.15, 0.2) is 5.82 Å². The van der Waals surface area contributed by atoms with Crippen LogP contribution in [0, 0.1) is 0 Å². The Bertz CT molecular complexity index is 1430. The Morgan fingerprint density at radius 1 is 1.12 bits per heavy atom. The van der Waals surface area contributed by atoms with Crippen LogP contribution in [0.3, 0.4) is 0 Å². The lowest BCUT2D eigenvalue weighted by molar-refractivity contribution is -0.117. The van der Waals surface area contributed by atoms with Gasteiger partial charge in [-0.2, -0.15) is 11.8 Å². The summed E-state index contributed by atoms with van der Waals surface area (Å²) < 4.78 is 13.3. The van der Waals surface area contributed by atoms with E-state index >= 15 is 0 Å². The molecule has 1 saturated heterocycles. The van der Waals surface area contributed by atoms with Crippen LogP contribution in [-0.2, 0) is 11.3 Å². The van der Waals surface area contributed by atoms with Crippen molar-refractivity contribution in [2.24, 2.45) is 0 Å². The number of para-hydroxylation sites is 2. The molecule has 0 bridgehead atoms. The van der Waals surface area contributed by atoms with Crippen molar-refractivity contribution in [2.45, 2.75) is 6.54 Å². The molecule has 0 spiro atoms. The smallest absolute Gasteiger partial charge is 0.351 e. The zero-order valence-corrected chi connectivity index (χ0v) is 19.7. The van der Waals surface area contributed by atoms with E-state index in [0.29, 0.717) is 39.7 Å². The van der Waals surface area contributed by atoms with Gasteiger partial charge in [-0.25, -0.2) is 18.9 Å². The molecule has 176 valence electrons. The molecule has 1 N–H and O–H groups in total. The summed E-state index contributed by atoms with van der Waals surface area (Å²) >= 11 is 1.89. The van der Waals surface area contributed by atoms with Gasteiger partial charge < -0.3 is 19.7 Å². The van der Waals surface area contributed by atoms with Gasteiger partial charge in [0, 0.05) is 30.7 Å². The van der Waals surface area contributed by atoms with Crippen molar-refractivity contribution in [3.05, 3.63) is 52.9 Å². The van der Waals surface area contributed by atoms with Gasteiger partial charge in [-0.3, -0.25) is 4.79 Å². The first-order valence-corrected chi connectivity index (χ1v) is 12.0. The Balaban J connectivity index is 1.52. The maximum Gasteiger partial charge on any atom is 0.351 e. The Morgan fingerprint density at radius 3 is 2.68 bits per heavy atom. The molecule has 5 rings (SSSR count). The van der Waals surface area contributed by atoms with Crippen molar-refractivity contribution in [1.82, 2.24) is 19.2 Å². The van der Waals surface area contributed by atoms with Crippen LogP contribution in [0.25, 0.3) is 16.7 Å². The van der Waals surface area contributed by atoms with E-state index in [-0.39, 0.29) is 6.54 Å². The molecule has 2 aromatic carbocycles. The van der Waals surface area contributed by atoms with Crippen molar-refractivity contribution in [2.75, 3.05) is 49.0 Å². The summed E-state index contributed by atoms with van der Waals surface area (Å²) in [7, 11) is 3.06. The van der Waals surface area contributed by atoms with Crippen molar-refractivity contribution < 1.29 is 14.3 Å². The first-order chi connectivity index (χ1) is 16.6. The van der Waals surface area contributed by atoms with Crippen LogP contribution in [0.5, 0.6) is 11.5 Å². The van der Waals surface area contributed by atoms with Crippen LogP contribution in [0.2, 0.25) is 0 Å². The quantitative estimate of drug-likeness (QED) is 0.448. The van der Waals surface area contributed by atoms with E-state index in [4.69, 9.17) is 14.5 Å². The van der Waals surface area contributed by atoms with Gasteiger partial charge in [0.2, 0.25) is 11.6 Å². The molecular weight excluding hydrogens is 456 g/mol. The second kappa shape index (κ2) is 9.26. The summed E-state index contributed by atoms with van der Waals surface area (Å²) in [6.07, 6.45) is 0. The van der Waals surface area contributed by atoms with Gasteiger partial charge in [-0.15, -0.1) is 5.10 Å². The predicted molar refractivity (Wildman–Crippen MR) is 132 cm³/mol. The first kappa shape index (κ1) is 22.1. The number of aromatic nitrogens is 4. The molecule has 34 heavy (non-hydrogen) atoms. The number of methoxy groups -OCH3 is 2.